The molecule has 4 nitrogen and oxygen atoms in total. The van der Waals surface area contributed by atoms with E-state index in [9.17, 15) is 4.79 Å². The van der Waals surface area contributed by atoms with E-state index in [-0.39, 0.29) is 11.9 Å². The molecule has 0 aliphatic rings. The summed E-state index contributed by atoms with van der Waals surface area (Å²) in [6, 6.07) is 6.99. The molecule has 21 heavy (non-hydrogen) atoms. The zero-order valence-corrected chi connectivity index (χ0v) is 13.2. The van der Waals surface area contributed by atoms with Crippen molar-refractivity contribution in [1.29, 1.82) is 0 Å². The monoisotopic (exact) mass is 323 g/mol. The lowest BCUT2D eigenvalue weighted by Crippen LogP contribution is -2.30. The Hall–Kier alpha value is -1.78. The van der Waals surface area contributed by atoms with Crippen molar-refractivity contribution in [1.82, 2.24) is 10.3 Å². The molecule has 1 aromatic heterocycles. The van der Waals surface area contributed by atoms with Crippen molar-refractivity contribution in [3.8, 4) is 0 Å². The highest BCUT2D eigenvalue weighted by atomic mass is 35.5. The number of benzene rings is 1. The molecule has 0 atom stereocenters. The zero-order valence-electron chi connectivity index (χ0n) is 11.7. The Morgan fingerprint density at radius 2 is 1.86 bits per heavy atom. The summed E-state index contributed by atoms with van der Waals surface area (Å²) in [5.41, 5.74) is 1.70. The number of nitrogens with zero attached hydrogens (tertiary/aromatic N) is 1. The molecule has 2 aromatic rings. The van der Waals surface area contributed by atoms with Gasteiger partial charge in [0.05, 0.1) is 33.2 Å². The molecule has 0 saturated heterocycles. The van der Waals surface area contributed by atoms with Gasteiger partial charge in [0, 0.05) is 12.2 Å². The van der Waals surface area contributed by atoms with Gasteiger partial charge in [-0.05, 0) is 32.0 Å². The molecule has 1 heterocycles. The van der Waals surface area contributed by atoms with E-state index in [1.54, 1.807) is 30.5 Å². The number of amides is 1. The average molecular weight is 324 g/mol. The van der Waals surface area contributed by atoms with Crippen LogP contribution in [0.15, 0.2) is 36.7 Å². The molecule has 0 bridgehead atoms. The number of carbonyl (C=O) groups is 1. The number of para-hydroxylation sites is 1. The number of hydrogen-bond acceptors (Lipinski definition) is 3. The van der Waals surface area contributed by atoms with Crippen LogP contribution in [0, 0.1) is 0 Å². The predicted octanol–water partition coefficient (Wildman–Crippen LogP) is 4.27. The molecule has 0 unspecified atom stereocenters. The van der Waals surface area contributed by atoms with Gasteiger partial charge in [0.2, 0.25) is 0 Å². The second-order valence-electron chi connectivity index (χ2n) is 4.81. The van der Waals surface area contributed by atoms with E-state index < -0.39 is 0 Å². The third kappa shape index (κ3) is 4.09. The van der Waals surface area contributed by atoms with Gasteiger partial charge in [0.25, 0.3) is 5.91 Å². The number of carbonyl (C=O) groups excluding carboxylic acids is 1. The fourth-order valence-electron chi connectivity index (χ4n) is 1.74. The molecule has 2 rings (SSSR count). The first kappa shape index (κ1) is 15.6. The maximum Gasteiger partial charge on any atom is 0.253 e. The van der Waals surface area contributed by atoms with Crippen LogP contribution in [-0.2, 0) is 0 Å². The topological polar surface area (TPSA) is 54.0 Å². The van der Waals surface area contributed by atoms with Crippen LogP contribution in [0.5, 0.6) is 0 Å². The van der Waals surface area contributed by atoms with E-state index in [2.05, 4.69) is 15.6 Å². The lowest BCUT2D eigenvalue weighted by Gasteiger charge is -2.12. The fourth-order valence-corrected chi connectivity index (χ4v) is 2.23. The summed E-state index contributed by atoms with van der Waals surface area (Å²) in [6.07, 6.45) is 3.11. The van der Waals surface area contributed by atoms with Crippen molar-refractivity contribution in [3.05, 3.63) is 52.3 Å². The van der Waals surface area contributed by atoms with E-state index >= 15 is 0 Å². The van der Waals surface area contributed by atoms with E-state index in [1.165, 1.54) is 6.20 Å². The Bertz CT molecular complexity index is 639. The number of hydrogen-bond donors (Lipinski definition) is 2. The normalized spacial score (nSPS) is 10.5. The molecule has 1 aromatic carbocycles. The number of nitrogens with one attached hydrogen (secondary N) is 2. The molecular formula is C15H15Cl2N3O. The summed E-state index contributed by atoms with van der Waals surface area (Å²) >= 11 is 12.2. The van der Waals surface area contributed by atoms with Gasteiger partial charge in [0.15, 0.2) is 0 Å². The Balaban J connectivity index is 2.24. The second kappa shape index (κ2) is 6.78. The molecule has 6 heteroatoms. The number of pyridine rings is 1. The first-order valence-corrected chi connectivity index (χ1v) is 7.20. The highest BCUT2D eigenvalue weighted by Gasteiger charge is 2.10. The summed E-state index contributed by atoms with van der Waals surface area (Å²) in [4.78, 5) is 16.0. The van der Waals surface area contributed by atoms with Crippen LogP contribution >= 0.6 is 23.2 Å². The molecule has 0 aliphatic heterocycles. The molecule has 2 N–H and O–H groups in total. The quantitative estimate of drug-likeness (QED) is 0.883. The van der Waals surface area contributed by atoms with Crippen LogP contribution in [-0.4, -0.2) is 16.9 Å². The Morgan fingerprint density at radius 3 is 2.48 bits per heavy atom. The molecule has 110 valence electrons. The van der Waals surface area contributed by atoms with Gasteiger partial charge in [-0.25, -0.2) is 0 Å². The first-order chi connectivity index (χ1) is 9.97. The van der Waals surface area contributed by atoms with Crippen LogP contribution in [0.4, 0.5) is 11.4 Å². The molecule has 1 amide bonds. The zero-order chi connectivity index (χ0) is 15.4. The number of aromatic nitrogens is 1. The third-order valence-corrected chi connectivity index (χ3v) is 3.28. The van der Waals surface area contributed by atoms with Gasteiger partial charge in [-0.3, -0.25) is 9.78 Å². The average Bonchev–Trinajstić information content (AvgIpc) is 2.43. The van der Waals surface area contributed by atoms with Gasteiger partial charge in [0.1, 0.15) is 0 Å². The van der Waals surface area contributed by atoms with Gasteiger partial charge < -0.3 is 10.6 Å². The predicted molar refractivity (Wildman–Crippen MR) is 86.6 cm³/mol. The molecule has 0 radical (unpaired) electrons. The van der Waals surface area contributed by atoms with Crippen molar-refractivity contribution in [2.45, 2.75) is 19.9 Å². The molecule has 0 saturated carbocycles. The number of rotatable bonds is 4. The van der Waals surface area contributed by atoms with Gasteiger partial charge in [-0.15, -0.1) is 0 Å². The first-order valence-electron chi connectivity index (χ1n) is 6.44. The van der Waals surface area contributed by atoms with Crippen molar-refractivity contribution in [2.75, 3.05) is 5.32 Å². The van der Waals surface area contributed by atoms with Crippen molar-refractivity contribution < 1.29 is 4.79 Å². The number of halogens is 2. The van der Waals surface area contributed by atoms with Gasteiger partial charge in [-0.1, -0.05) is 29.3 Å². The van der Waals surface area contributed by atoms with E-state index in [4.69, 9.17) is 23.2 Å². The Morgan fingerprint density at radius 1 is 1.19 bits per heavy atom. The highest BCUT2D eigenvalue weighted by molar-refractivity contribution is 6.39. The number of anilines is 2. The van der Waals surface area contributed by atoms with E-state index in [0.29, 0.717) is 27.0 Å². The summed E-state index contributed by atoms with van der Waals surface area (Å²) < 4.78 is 0. The van der Waals surface area contributed by atoms with E-state index in [1.807, 2.05) is 13.8 Å². The van der Waals surface area contributed by atoms with Crippen LogP contribution < -0.4 is 10.6 Å². The smallest absolute Gasteiger partial charge is 0.253 e. The highest BCUT2D eigenvalue weighted by Crippen LogP contribution is 2.32. The Labute approximate surface area is 133 Å². The second-order valence-corrected chi connectivity index (χ2v) is 5.63. The minimum absolute atomic E-state index is 0.0622. The van der Waals surface area contributed by atoms with E-state index in [0.717, 1.165) is 0 Å². The minimum atomic E-state index is -0.175. The van der Waals surface area contributed by atoms with Crippen molar-refractivity contribution >= 4 is 40.5 Å². The molecule has 0 aliphatic carbocycles. The van der Waals surface area contributed by atoms with Gasteiger partial charge >= 0.3 is 0 Å². The summed E-state index contributed by atoms with van der Waals surface area (Å²) in [5, 5.41) is 6.90. The third-order valence-electron chi connectivity index (χ3n) is 2.65. The molecule has 0 spiro atoms. The lowest BCUT2D eigenvalue weighted by atomic mass is 10.2. The van der Waals surface area contributed by atoms with Crippen molar-refractivity contribution in [2.24, 2.45) is 0 Å². The SMILES string of the molecule is CC(C)NC(=O)c1cncc(Nc2c(Cl)cccc2Cl)c1. The summed E-state index contributed by atoms with van der Waals surface area (Å²) in [5.74, 6) is -0.175. The van der Waals surface area contributed by atoms with Crippen molar-refractivity contribution in [3.63, 3.8) is 0 Å². The maximum atomic E-state index is 12.0. The standard InChI is InChI=1S/C15H15Cl2N3O/c1-9(2)19-15(21)10-6-11(8-18-7-10)20-14-12(16)4-3-5-13(14)17/h3-9,20H,1-2H3,(H,19,21). The van der Waals surface area contributed by atoms with Crippen LogP contribution in [0.25, 0.3) is 0 Å². The molecular weight excluding hydrogens is 309 g/mol. The largest absolute Gasteiger partial charge is 0.352 e. The fraction of sp³-hybridized carbons (Fsp3) is 0.200. The lowest BCUT2D eigenvalue weighted by molar-refractivity contribution is 0.0943. The van der Waals surface area contributed by atoms with Crippen LogP contribution in [0.3, 0.4) is 0 Å². The van der Waals surface area contributed by atoms with Crippen LogP contribution in [0.1, 0.15) is 24.2 Å². The minimum Gasteiger partial charge on any atom is -0.352 e. The van der Waals surface area contributed by atoms with Crippen LogP contribution in [0.2, 0.25) is 10.0 Å². The molecule has 0 fully saturated rings. The summed E-state index contributed by atoms with van der Waals surface area (Å²) in [6.45, 7) is 3.80. The summed E-state index contributed by atoms with van der Waals surface area (Å²) in [7, 11) is 0. The van der Waals surface area contributed by atoms with Gasteiger partial charge in [-0.2, -0.15) is 0 Å². The maximum absolute atomic E-state index is 12.0. The Kier molecular flexibility index (Phi) is 5.04.